The first-order valence-electron chi connectivity index (χ1n) is 4.59. The van der Waals surface area contributed by atoms with E-state index in [2.05, 4.69) is 49.9 Å². The highest BCUT2D eigenvalue weighted by Gasteiger charge is 2.12. The summed E-state index contributed by atoms with van der Waals surface area (Å²) in [4.78, 5) is 22.7. The van der Waals surface area contributed by atoms with E-state index in [-0.39, 0.29) is 24.6 Å². The normalized spacial score (nSPS) is 9.94. The lowest BCUT2D eigenvalue weighted by atomic mass is 10.1. The SMILES string of the molecule is COC(=O)CCC(=O)c1cc(I)ccc1I. The van der Waals surface area contributed by atoms with Gasteiger partial charge in [0.05, 0.1) is 13.5 Å². The molecule has 86 valence electrons. The monoisotopic (exact) mass is 444 g/mol. The summed E-state index contributed by atoms with van der Waals surface area (Å²) < 4.78 is 6.42. The summed E-state index contributed by atoms with van der Waals surface area (Å²) in [7, 11) is 1.32. The Balaban J connectivity index is 2.73. The zero-order chi connectivity index (χ0) is 12.1. The predicted octanol–water partition coefficient (Wildman–Crippen LogP) is 3.03. The molecule has 0 fully saturated rings. The van der Waals surface area contributed by atoms with Crippen molar-refractivity contribution in [2.45, 2.75) is 12.8 Å². The molecule has 1 aromatic carbocycles. The molecule has 5 heteroatoms. The first-order valence-corrected chi connectivity index (χ1v) is 6.75. The van der Waals surface area contributed by atoms with Crippen LogP contribution in [0.4, 0.5) is 0 Å². The highest BCUT2D eigenvalue weighted by Crippen LogP contribution is 2.18. The summed E-state index contributed by atoms with van der Waals surface area (Å²) >= 11 is 4.28. The van der Waals surface area contributed by atoms with Gasteiger partial charge in [0.15, 0.2) is 5.78 Å². The summed E-state index contributed by atoms with van der Waals surface area (Å²) in [6.07, 6.45) is 0.333. The Kier molecular flexibility index (Phi) is 5.67. The van der Waals surface area contributed by atoms with Gasteiger partial charge in [-0.15, -0.1) is 0 Å². The van der Waals surface area contributed by atoms with Crippen LogP contribution in [0.3, 0.4) is 0 Å². The van der Waals surface area contributed by atoms with E-state index in [1.54, 1.807) is 0 Å². The smallest absolute Gasteiger partial charge is 0.305 e. The number of esters is 1. The van der Waals surface area contributed by atoms with Crippen LogP contribution in [0.2, 0.25) is 0 Å². The van der Waals surface area contributed by atoms with Crippen molar-refractivity contribution in [2.24, 2.45) is 0 Å². The van der Waals surface area contributed by atoms with E-state index in [4.69, 9.17) is 0 Å². The first kappa shape index (κ1) is 13.9. The van der Waals surface area contributed by atoms with Gasteiger partial charge < -0.3 is 4.74 Å². The maximum absolute atomic E-state index is 11.8. The molecule has 0 unspecified atom stereocenters. The van der Waals surface area contributed by atoms with Gasteiger partial charge in [0.25, 0.3) is 0 Å². The number of carbonyl (C=O) groups is 2. The van der Waals surface area contributed by atoms with Gasteiger partial charge in [-0.3, -0.25) is 9.59 Å². The van der Waals surface area contributed by atoms with Crippen LogP contribution in [-0.2, 0) is 9.53 Å². The molecule has 0 N–H and O–H groups in total. The number of benzene rings is 1. The van der Waals surface area contributed by atoms with Gasteiger partial charge >= 0.3 is 5.97 Å². The van der Waals surface area contributed by atoms with Crippen molar-refractivity contribution >= 4 is 56.9 Å². The van der Waals surface area contributed by atoms with Crippen LogP contribution in [0, 0.1) is 7.14 Å². The van der Waals surface area contributed by atoms with Crippen molar-refractivity contribution in [1.29, 1.82) is 0 Å². The van der Waals surface area contributed by atoms with Crippen molar-refractivity contribution in [3.8, 4) is 0 Å². The van der Waals surface area contributed by atoms with Gasteiger partial charge in [-0.1, -0.05) is 0 Å². The van der Waals surface area contributed by atoms with Gasteiger partial charge in [-0.25, -0.2) is 0 Å². The number of hydrogen-bond acceptors (Lipinski definition) is 3. The van der Waals surface area contributed by atoms with Crippen LogP contribution >= 0.6 is 45.2 Å². The van der Waals surface area contributed by atoms with Crippen molar-refractivity contribution in [3.05, 3.63) is 30.9 Å². The Morgan fingerprint density at radius 2 is 1.94 bits per heavy atom. The molecule has 0 amide bonds. The Labute approximate surface area is 121 Å². The molecule has 1 aromatic rings. The molecule has 0 aliphatic rings. The van der Waals surface area contributed by atoms with E-state index in [9.17, 15) is 9.59 Å². The zero-order valence-corrected chi connectivity index (χ0v) is 12.9. The predicted molar refractivity (Wildman–Crippen MR) is 77.5 cm³/mol. The fourth-order valence-electron chi connectivity index (χ4n) is 1.16. The highest BCUT2D eigenvalue weighted by molar-refractivity contribution is 14.1. The number of rotatable bonds is 4. The van der Waals surface area contributed by atoms with Gasteiger partial charge in [0.1, 0.15) is 0 Å². The van der Waals surface area contributed by atoms with Crippen molar-refractivity contribution in [2.75, 3.05) is 7.11 Å². The Morgan fingerprint density at radius 3 is 2.56 bits per heavy atom. The van der Waals surface area contributed by atoms with Crippen molar-refractivity contribution < 1.29 is 14.3 Å². The number of ether oxygens (including phenoxy) is 1. The molecular formula is C11H10I2O3. The Hall–Kier alpha value is -0.180. The summed E-state index contributed by atoms with van der Waals surface area (Å²) in [5.41, 5.74) is 0.677. The Morgan fingerprint density at radius 1 is 1.25 bits per heavy atom. The van der Waals surface area contributed by atoms with Crippen molar-refractivity contribution in [1.82, 2.24) is 0 Å². The van der Waals surface area contributed by atoms with Crippen LogP contribution in [0.5, 0.6) is 0 Å². The minimum atomic E-state index is -0.353. The summed E-state index contributed by atoms with van der Waals surface area (Å²) in [5, 5.41) is 0. The summed E-state index contributed by atoms with van der Waals surface area (Å²) in [6, 6.07) is 5.68. The third-order valence-corrected chi connectivity index (χ3v) is 3.62. The lowest BCUT2D eigenvalue weighted by molar-refractivity contribution is -0.140. The van der Waals surface area contributed by atoms with Gasteiger partial charge in [0.2, 0.25) is 0 Å². The van der Waals surface area contributed by atoms with Gasteiger partial charge in [-0.05, 0) is 63.4 Å². The third kappa shape index (κ3) is 4.00. The molecule has 0 heterocycles. The van der Waals surface area contributed by atoms with Crippen LogP contribution in [0.15, 0.2) is 18.2 Å². The molecule has 0 aromatic heterocycles. The minimum absolute atomic E-state index is 0.0201. The van der Waals surface area contributed by atoms with Crippen LogP contribution in [-0.4, -0.2) is 18.9 Å². The number of methoxy groups -OCH3 is 1. The fraction of sp³-hybridized carbons (Fsp3) is 0.273. The molecule has 0 radical (unpaired) electrons. The summed E-state index contributed by atoms with van der Waals surface area (Å²) in [5.74, 6) is -0.373. The lowest BCUT2D eigenvalue weighted by Crippen LogP contribution is -2.07. The highest BCUT2D eigenvalue weighted by atomic mass is 127. The van der Waals surface area contributed by atoms with E-state index in [1.807, 2.05) is 18.2 Å². The second-order valence-corrected chi connectivity index (χ2v) is 5.53. The summed E-state index contributed by atoms with van der Waals surface area (Å²) in [6.45, 7) is 0. The average Bonchev–Trinajstić information content (AvgIpc) is 2.28. The molecule has 0 aliphatic carbocycles. The second kappa shape index (κ2) is 6.53. The number of carbonyl (C=O) groups excluding carboxylic acids is 2. The molecule has 0 saturated heterocycles. The molecule has 0 saturated carbocycles. The van der Waals surface area contributed by atoms with E-state index in [0.717, 1.165) is 7.14 Å². The molecule has 0 spiro atoms. The van der Waals surface area contributed by atoms with Crippen LogP contribution in [0.25, 0.3) is 0 Å². The molecule has 0 bridgehead atoms. The third-order valence-electron chi connectivity index (χ3n) is 2.01. The number of ketones is 1. The number of halogens is 2. The van der Waals surface area contributed by atoms with E-state index in [1.165, 1.54) is 7.11 Å². The fourth-order valence-corrected chi connectivity index (χ4v) is 2.29. The second-order valence-electron chi connectivity index (χ2n) is 3.12. The van der Waals surface area contributed by atoms with Gasteiger partial charge in [-0.2, -0.15) is 0 Å². The maximum Gasteiger partial charge on any atom is 0.305 e. The van der Waals surface area contributed by atoms with Crippen molar-refractivity contribution in [3.63, 3.8) is 0 Å². The Bertz CT molecular complexity index is 416. The number of hydrogen-bond donors (Lipinski definition) is 0. The van der Waals surface area contributed by atoms with E-state index < -0.39 is 0 Å². The number of Topliss-reactive ketones (excluding diaryl/α,β-unsaturated/α-hetero) is 1. The van der Waals surface area contributed by atoms with Gasteiger partial charge in [0, 0.05) is 19.1 Å². The molecule has 3 nitrogen and oxygen atoms in total. The standard InChI is InChI=1S/C11H10I2O3/c1-16-11(15)5-4-10(14)8-6-7(12)2-3-9(8)13/h2-3,6H,4-5H2,1H3. The molecule has 0 atom stereocenters. The largest absolute Gasteiger partial charge is 0.469 e. The quantitative estimate of drug-likeness (QED) is 0.408. The molecule has 0 aliphatic heterocycles. The van der Waals surface area contributed by atoms with E-state index in [0.29, 0.717) is 5.56 Å². The first-order chi connectivity index (χ1) is 7.54. The van der Waals surface area contributed by atoms with E-state index >= 15 is 0 Å². The topological polar surface area (TPSA) is 43.4 Å². The lowest BCUT2D eigenvalue weighted by Gasteiger charge is -2.04. The molecular weight excluding hydrogens is 434 g/mol. The molecule has 1 rings (SSSR count). The molecule has 16 heavy (non-hydrogen) atoms. The minimum Gasteiger partial charge on any atom is -0.469 e. The average molecular weight is 444 g/mol. The van der Waals surface area contributed by atoms with Crippen LogP contribution < -0.4 is 0 Å². The zero-order valence-electron chi connectivity index (χ0n) is 8.63. The van der Waals surface area contributed by atoms with Crippen LogP contribution in [0.1, 0.15) is 23.2 Å². The maximum atomic E-state index is 11.8.